The number of hydrogen-bond acceptors (Lipinski definition) is 4. The van der Waals surface area contributed by atoms with E-state index in [1.807, 2.05) is 13.8 Å². The smallest absolute Gasteiger partial charge is 0.257 e. The van der Waals surface area contributed by atoms with Gasteiger partial charge in [-0.05, 0) is 6.42 Å². The molecule has 0 bridgehead atoms. The lowest BCUT2D eigenvalue weighted by Crippen LogP contribution is -2.20. The van der Waals surface area contributed by atoms with Crippen molar-refractivity contribution in [1.29, 1.82) is 0 Å². The lowest BCUT2D eigenvalue weighted by molar-refractivity contribution is 0.436. The second-order valence-electron chi connectivity index (χ2n) is 3.64. The standard InChI is InChI=1S/C10H17N3O2/c1-3-4-7-9(14)12-8(6(2)5-11)13-10(7)15/h6H,3-5,11H2,1-2H3,(H2,12,13,14,15). The molecule has 0 fully saturated rings. The molecule has 1 aromatic heterocycles. The van der Waals surface area contributed by atoms with Gasteiger partial charge in [0.15, 0.2) is 0 Å². The van der Waals surface area contributed by atoms with Crippen LogP contribution in [0.4, 0.5) is 0 Å². The van der Waals surface area contributed by atoms with E-state index < -0.39 is 0 Å². The first kappa shape index (κ1) is 11.7. The van der Waals surface area contributed by atoms with Gasteiger partial charge in [-0.1, -0.05) is 20.3 Å². The molecule has 1 heterocycles. The molecule has 0 saturated carbocycles. The van der Waals surface area contributed by atoms with Gasteiger partial charge >= 0.3 is 0 Å². The fraction of sp³-hybridized carbons (Fsp3) is 0.600. The maximum absolute atomic E-state index is 11.6. The molecule has 5 nitrogen and oxygen atoms in total. The number of aromatic hydroxyl groups is 1. The molecule has 15 heavy (non-hydrogen) atoms. The quantitative estimate of drug-likeness (QED) is 0.675. The largest absolute Gasteiger partial charge is 0.493 e. The summed E-state index contributed by atoms with van der Waals surface area (Å²) in [7, 11) is 0. The Balaban J connectivity index is 3.13. The molecule has 0 amide bonds. The molecule has 0 radical (unpaired) electrons. The highest BCUT2D eigenvalue weighted by molar-refractivity contribution is 5.23. The zero-order valence-electron chi connectivity index (χ0n) is 9.08. The van der Waals surface area contributed by atoms with Crippen LogP contribution in [0.1, 0.15) is 37.6 Å². The zero-order valence-corrected chi connectivity index (χ0v) is 9.08. The van der Waals surface area contributed by atoms with Crippen molar-refractivity contribution in [3.05, 3.63) is 21.7 Å². The van der Waals surface area contributed by atoms with E-state index in [-0.39, 0.29) is 17.4 Å². The highest BCUT2D eigenvalue weighted by Crippen LogP contribution is 2.14. The maximum Gasteiger partial charge on any atom is 0.257 e. The average molecular weight is 211 g/mol. The highest BCUT2D eigenvalue weighted by Gasteiger charge is 2.12. The van der Waals surface area contributed by atoms with Gasteiger partial charge in [0.25, 0.3) is 5.56 Å². The van der Waals surface area contributed by atoms with E-state index in [2.05, 4.69) is 9.97 Å². The number of nitrogens with zero attached hydrogens (tertiary/aromatic N) is 1. The Labute approximate surface area is 88.4 Å². The third-order valence-corrected chi connectivity index (χ3v) is 2.33. The van der Waals surface area contributed by atoms with E-state index in [1.165, 1.54) is 0 Å². The van der Waals surface area contributed by atoms with Crippen molar-refractivity contribution in [2.45, 2.75) is 32.6 Å². The molecule has 0 aliphatic carbocycles. The van der Waals surface area contributed by atoms with Crippen molar-refractivity contribution in [3.8, 4) is 5.88 Å². The molecular formula is C10H17N3O2. The summed E-state index contributed by atoms with van der Waals surface area (Å²) in [5, 5.41) is 9.58. The number of H-pyrrole nitrogens is 1. The zero-order chi connectivity index (χ0) is 11.4. The van der Waals surface area contributed by atoms with E-state index in [0.717, 1.165) is 6.42 Å². The fourth-order valence-corrected chi connectivity index (χ4v) is 1.32. The van der Waals surface area contributed by atoms with E-state index in [1.54, 1.807) is 0 Å². The van der Waals surface area contributed by atoms with Crippen molar-refractivity contribution in [1.82, 2.24) is 9.97 Å². The number of aromatic amines is 1. The summed E-state index contributed by atoms with van der Waals surface area (Å²) in [6, 6.07) is 0. The van der Waals surface area contributed by atoms with Crippen molar-refractivity contribution in [2.24, 2.45) is 5.73 Å². The highest BCUT2D eigenvalue weighted by atomic mass is 16.3. The first-order valence-electron chi connectivity index (χ1n) is 5.12. The van der Waals surface area contributed by atoms with Crippen LogP contribution < -0.4 is 11.3 Å². The summed E-state index contributed by atoms with van der Waals surface area (Å²) in [4.78, 5) is 18.2. The monoisotopic (exact) mass is 211 g/mol. The van der Waals surface area contributed by atoms with Crippen LogP contribution in [0.3, 0.4) is 0 Å². The molecular weight excluding hydrogens is 194 g/mol. The minimum atomic E-state index is -0.264. The van der Waals surface area contributed by atoms with Gasteiger partial charge < -0.3 is 15.8 Å². The topological polar surface area (TPSA) is 92.0 Å². The van der Waals surface area contributed by atoms with Crippen molar-refractivity contribution < 1.29 is 5.11 Å². The SMILES string of the molecule is CCCc1c(O)nc(C(C)CN)[nH]c1=O. The summed E-state index contributed by atoms with van der Waals surface area (Å²) < 4.78 is 0. The molecule has 0 aliphatic heterocycles. The summed E-state index contributed by atoms with van der Waals surface area (Å²) in [6.07, 6.45) is 1.33. The average Bonchev–Trinajstić information content (AvgIpc) is 2.22. The van der Waals surface area contributed by atoms with Crippen molar-refractivity contribution in [2.75, 3.05) is 6.54 Å². The van der Waals surface area contributed by atoms with Gasteiger partial charge in [-0.25, -0.2) is 0 Å². The second-order valence-corrected chi connectivity index (χ2v) is 3.64. The molecule has 1 unspecified atom stereocenters. The molecule has 0 spiro atoms. The van der Waals surface area contributed by atoms with E-state index in [0.29, 0.717) is 24.4 Å². The van der Waals surface area contributed by atoms with Gasteiger partial charge in [0.1, 0.15) is 5.82 Å². The number of rotatable bonds is 4. The van der Waals surface area contributed by atoms with Gasteiger partial charge in [0, 0.05) is 12.5 Å². The Morgan fingerprint density at radius 3 is 2.73 bits per heavy atom. The molecule has 1 aromatic rings. The number of aromatic nitrogens is 2. The molecule has 0 aliphatic rings. The second kappa shape index (κ2) is 4.93. The first-order valence-corrected chi connectivity index (χ1v) is 5.12. The summed E-state index contributed by atoms with van der Waals surface area (Å²) >= 11 is 0. The number of nitrogens with two attached hydrogens (primary N) is 1. The van der Waals surface area contributed by atoms with Crippen LogP contribution in [-0.4, -0.2) is 21.6 Å². The normalized spacial score (nSPS) is 12.7. The molecule has 4 N–H and O–H groups in total. The third-order valence-electron chi connectivity index (χ3n) is 2.33. The van der Waals surface area contributed by atoms with Crippen LogP contribution in [0.5, 0.6) is 5.88 Å². The van der Waals surface area contributed by atoms with Gasteiger partial charge in [0.05, 0.1) is 5.56 Å². The molecule has 84 valence electrons. The van der Waals surface area contributed by atoms with E-state index in [4.69, 9.17) is 5.73 Å². The van der Waals surface area contributed by atoms with Crippen LogP contribution >= 0.6 is 0 Å². The Morgan fingerprint density at radius 2 is 2.27 bits per heavy atom. The summed E-state index contributed by atoms with van der Waals surface area (Å²) in [6.45, 7) is 4.17. The lowest BCUT2D eigenvalue weighted by atomic mass is 10.1. The molecule has 1 rings (SSSR count). The van der Waals surface area contributed by atoms with Crippen LogP contribution in [0.25, 0.3) is 0 Å². The Hall–Kier alpha value is -1.36. The Morgan fingerprint density at radius 1 is 1.60 bits per heavy atom. The summed E-state index contributed by atoms with van der Waals surface area (Å²) in [5.41, 5.74) is 5.55. The van der Waals surface area contributed by atoms with Gasteiger partial charge in [-0.2, -0.15) is 4.98 Å². The molecule has 0 aromatic carbocycles. The molecule has 1 atom stereocenters. The predicted molar refractivity (Wildman–Crippen MR) is 58.0 cm³/mol. The number of hydrogen-bond donors (Lipinski definition) is 3. The Kier molecular flexibility index (Phi) is 3.85. The van der Waals surface area contributed by atoms with Crippen LogP contribution in [0.2, 0.25) is 0 Å². The van der Waals surface area contributed by atoms with Crippen molar-refractivity contribution in [3.63, 3.8) is 0 Å². The Bertz CT molecular complexity index is 387. The fourth-order valence-electron chi connectivity index (χ4n) is 1.32. The minimum Gasteiger partial charge on any atom is -0.493 e. The third kappa shape index (κ3) is 2.56. The minimum absolute atomic E-state index is 0.0562. The van der Waals surface area contributed by atoms with Crippen molar-refractivity contribution >= 4 is 0 Å². The number of nitrogens with one attached hydrogen (secondary N) is 1. The summed E-state index contributed by atoms with van der Waals surface area (Å²) in [5.74, 6) is 0.218. The van der Waals surface area contributed by atoms with Crippen LogP contribution in [-0.2, 0) is 6.42 Å². The van der Waals surface area contributed by atoms with Gasteiger partial charge in [-0.3, -0.25) is 4.79 Å². The lowest BCUT2D eigenvalue weighted by Gasteiger charge is -2.09. The van der Waals surface area contributed by atoms with Crippen LogP contribution in [0.15, 0.2) is 4.79 Å². The first-order chi connectivity index (χ1) is 7.10. The van der Waals surface area contributed by atoms with Crippen LogP contribution in [0, 0.1) is 0 Å². The van der Waals surface area contributed by atoms with E-state index >= 15 is 0 Å². The van der Waals surface area contributed by atoms with E-state index in [9.17, 15) is 9.90 Å². The molecule has 5 heteroatoms. The van der Waals surface area contributed by atoms with Gasteiger partial charge in [-0.15, -0.1) is 0 Å². The maximum atomic E-state index is 11.6. The van der Waals surface area contributed by atoms with Gasteiger partial charge in [0.2, 0.25) is 5.88 Å². The molecule has 0 saturated heterocycles. The predicted octanol–water partition coefficient (Wildman–Crippen LogP) is 0.490.